The van der Waals surface area contributed by atoms with Gasteiger partial charge in [-0.15, -0.1) is 0 Å². The molecular formula is C24H26BrClN4O2S. The van der Waals surface area contributed by atoms with E-state index in [1.807, 2.05) is 48.5 Å². The molecular weight excluding hydrogens is 524 g/mol. The number of nitrogens with zero attached hydrogens (tertiary/aromatic N) is 3. The number of piperidine rings is 1. The first-order valence-corrected chi connectivity index (χ1v) is 13.3. The molecule has 0 spiro atoms. The molecule has 1 aromatic heterocycles. The Kier molecular flexibility index (Phi) is 8.83. The van der Waals surface area contributed by atoms with E-state index in [-0.39, 0.29) is 11.8 Å². The van der Waals surface area contributed by atoms with Crippen molar-refractivity contribution in [2.45, 2.75) is 25.1 Å². The summed E-state index contributed by atoms with van der Waals surface area (Å²) in [6.07, 6.45) is 1.68. The van der Waals surface area contributed by atoms with Gasteiger partial charge in [0.25, 0.3) is 0 Å². The maximum absolute atomic E-state index is 12.5. The maximum atomic E-state index is 12.5. The molecule has 1 aliphatic heterocycles. The van der Waals surface area contributed by atoms with Crippen LogP contribution in [-0.2, 0) is 17.1 Å². The van der Waals surface area contributed by atoms with Gasteiger partial charge in [0.2, 0.25) is 17.6 Å². The number of rotatable bonds is 9. The van der Waals surface area contributed by atoms with E-state index in [4.69, 9.17) is 16.1 Å². The molecule has 0 radical (unpaired) electrons. The quantitative estimate of drug-likeness (QED) is 0.360. The molecule has 1 saturated heterocycles. The largest absolute Gasteiger partial charge is 0.355 e. The van der Waals surface area contributed by atoms with Crippen molar-refractivity contribution in [1.82, 2.24) is 20.4 Å². The fourth-order valence-electron chi connectivity index (χ4n) is 3.80. The number of hydrogen-bond acceptors (Lipinski definition) is 6. The minimum atomic E-state index is 0.0646. The van der Waals surface area contributed by atoms with Crippen LogP contribution in [-0.4, -0.2) is 46.3 Å². The molecule has 1 fully saturated rings. The van der Waals surface area contributed by atoms with Crippen LogP contribution in [0, 0.1) is 5.92 Å². The molecule has 33 heavy (non-hydrogen) atoms. The Hall–Kier alpha value is -1.87. The predicted molar refractivity (Wildman–Crippen MR) is 136 cm³/mol. The van der Waals surface area contributed by atoms with E-state index in [2.05, 4.69) is 36.3 Å². The smallest absolute Gasteiger partial charge is 0.241 e. The highest BCUT2D eigenvalue weighted by Crippen LogP contribution is 2.23. The Morgan fingerprint density at radius 1 is 1.21 bits per heavy atom. The number of amides is 1. The van der Waals surface area contributed by atoms with Crippen molar-refractivity contribution in [2.24, 2.45) is 5.92 Å². The summed E-state index contributed by atoms with van der Waals surface area (Å²) in [5.41, 5.74) is 2.05. The van der Waals surface area contributed by atoms with Gasteiger partial charge in [-0.25, -0.2) is 0 Å². The van der Waals surface area contributed by atoms with Crippen LogP contribution in [0.15, 0.2) is 57.5 Å². The SMILES string of the molecule is O=C(NCCSCc1ccccc1Cl)C1CCN(Cc2nc(-c3cccc(Br)c3)no2)CC1. The van der Waals surface area contributed by atoms with Crippen LogP contribution in [0.2, 0.25) is 5.02 Å². The summed E-state index contributed by atoms with van der Waals surface area (Å²) in [6.45, 7) is 2.96. The number of thioether (sulfide) groups is 1. The van der Waals surface area contributed by atoms with Crippen LogP contribution in [0.3, 0.4) is 0 Å². The van der Waals surface area contributed by atoms with Crippen LogP contribution in [0.4, 0.5) is 0 Å². The van der Waals surface area contributed by atoms with E-state index in [0.717, 1.165) is 58.1 Å². The van der Waals surface area contributed by atoms with Crippen molar-refractivity contribution in [2.75, 3.05) is 25.4 Å². The summed E-state index contributed by atoms with van der Waals surface area (Å²) < 4.78 is 6.42. The standard InChI is InChI=1S/C24H26BrClN4O2S/c25-20-6-3-5-18(14-20)23-28-22(32-29-23)15-30-11-8-17(9-12-30)24(31)27-10-13-33-16-19-4-1-2-7-21(19)26/h1-7,14,17H,8-13,15-16H2,(H,27,31). The fraction of sp³-hybridized carbons (Fsp3) is 0.375. The highest BCUT2D eigenvalue weighted by atomic mass is 79.9. The van der Waals surface area contributed by atoms with Crippen molar-refractivity contribution in [1.29, 1.82) is 0 Å². The number of halogens is 2. The van der Waals surface area contributed by atoms with Gasteiger partial charge in [-0.05, 0) is 49.7 Å². The Bertz CT molecular complexity index is 1070. The van der Waals surface area contributed by atoms with Crippen molar-refractivity contribution in [3.05, 3.63) is 69.5 Å². The van der Waals surface area contributed by atoms with Crippen LogP contribution < -0.4 is 5.32 Å². The number of benzene rings is 2. The summed E-state index contributed by atoms with van der Waals surface area (Å²) in [4.78, 5) is 19.3. The van der Waals surface area contributed by atoms with Crippen molar-refractivity contribution in [3.63, 3.8) is 0 Å². The highest BCUT2D eigenvalue weighted by molar-refractivity contribution is 9.10. The number of likely N-dealkylation sites (tertiary alicyclic amines) is 1. The predicted octanol–water partition coefficient (Wildman–Crippen LogP) is 5.41. The molecule has 0 atom stereocenters. The summed E-state index contributed by atoms with van der Waals surface area (Å²) in [7, 11) is 0. The highest BCUT2D eigenvalue weighted by Gasteiger charge is 2.25. The Balaban J connectivity index is 1.15. The second kappa shape index (κ2) is 12.0. The maximum Gasteiger partial charge on any atom is 0.241 e. The lowest BCUT2D eigenvalue weighted by Crippen LogP contribution is -2.40. The first-order valence-electron chi connectivity index (χ1n) is 11.0. The first-order chi connectivity index (χ1) is 16.1. The van der Waals surface area contributed by atoms with Gasteiger partial charge in [0, 0.05) is 39.0 Å². The molecule has 0 bridgehead atoms. The number of aromatic nitrogens is 2. The summed E-state index contributed by atoms with van der Waals surface area (Å²) in [6, 6.07) is 15.7. The van der Waals surface area contributed by atoms with Gasteiger partial charge in [-0.1, -0.05) is 63.0 Å². The van der Waals surface area contributed by atoms with Gasteiger partial charge in [-0.2, -0.15) is 16.7 Å². The first kappa shape index (κ1) is 24.3. The molecule has 0 aliphatic carbocycles. The normalized spacial score (nSPS) is 15.0. The van der Waals surface area contributed by atoms with E-state index in [0.29, 0.717) is 24.8 Å². The minimum absolute atomic E-state index is 0.0646. The van der Waals surface area contributed by atoms with Crippen molar-refractivity contribution in [3.8, 4) is 11.4 Å². The molecule has 2 heterocycles. The fourth-order valence-corrected chi connectivity index (χ4v) is 5.34. The van der Waals surface area contributed by atoms with Crippen molar-refractivity contribution < 1.29 is 9.32 Å². The Morgan fingerprint density at radius 2 is 2.03 bits per heavy atom. The van der Waals surface area contributed by atoms with E-state index in [9.17, 15) is 4.79 Å². The molecule has 174 valence electrons. The third-order valence-electron chi connectivity index (χ3n) is 5.63. The molecule has 0 saturated carbocycles. The van der Waals surface area contributed by atoms with E-state index < -0.39 is 0 Å². The lowest BCUT2D eigenvalue weighted by atomic mass is 9.96. The summed E-state index contributed by atoms with van der Waals surface area (Å²) in [5, 5.41) is 7.99. The molecule has 1 aliphatic rings. The van der Waals surface area contributed by atoms with Gasteiger partial charge in [0.05, 0.1) is 6.54 Å². The average Bonchev–Trinajstić information content (AvgIpc) is 3.29. The zero-order chi connectivity index (χ0) is 23.0. The van der Waals surface area contributed by atoms with Crippen LogP contribution in [0.5, 0.6) is 0 Å². The lowest BCUT2D eigenvalue weighted by molar-refractivity contribution is -0.126. The Labute approximate surface area is 211 Å². The summed E-state index contributed by atoms with van der Waals surface area (Å²) >= 11 is 11.4. The number of carbonyl (C=O) groups is 1. The van der Waals surface area contributed by atoms with Gasteiger partial charge in [0.15, 0.2) is 0 Å². The van der Waals surface area contributed by atoms with Crippen LogP contribution in [0.25, 0.3) is 11.4 Å². The average molecular weight is 550 g/mol. The summed E-state index contributed by atoms with van der Waals surface area (Å²) in [5.74, 6) is 3.13. The lowest BCUT2D eigenvalue weighted by Gasteiger charge is -2.30. The number of nitrogens with one attached hydrogen (secondary N) is 1. The minimum Gasteiger partial charge on any atom is -0.355 e. The van der Waals surface area contributed by atoms with Crippen LogP contribution >= 0.6 is 39.3 Å². The molecule has 6 nitrogen and oxygen atoms in total. The van der Waals surface area contributed by atoms with Crippen molar-refractivity contribution >= 4 is 45.2 Å². The molecule has 4 rings (SSSR count). The monoisotopic (exact) mass is 548 g/mol. The molecule has 0 unspecified atom stereocenters. The van der Waals surface area contributed by atoms with Crippen LogP contribution in [0.1, 0.15) is 24.3 Å². The third kappa shape index (κ3) is 7.06. The van der Waals surface area contributed by atoms with Gasteiger partial charge in [-0.3, -0.25) is 9.69 Å². The zero-order valence-electron chi connectivity index (χ0n) is 18.2. The molecule has 1 N–H and O–H groups in total. The van der Waals surface area contributed by atoms with Gasteiger partial charge < -0.3 is 9.84 Å². The molecule has 1 amide bonds. The molecule has 3 aromatic rings. The number of carbonyl (C=O) groups excluding carboxylic acids is 1. The third-order valence-corrected chi connectivity index (χ3v) is 7.50. The Morgan fingerprint density at radius 3 is 2.82 bits per heavy atom. The molecule has 9 heteroatoms. The van der Waals surface area contributed by atoms with E-state index in [1.165, 1.54) is 0 Å². The second-order valence-electron chi connectivity index (χ2n) is 8.01. The number of hydrogen-bond donors (Lipinski definition) is 1. The van der Waals surface area contributed by atoms with Gasteiger partial charge in [0.1, 0.15) is 0 Å². The molecule has 2 aromatic carbocycles. The zero-order valence-corrected chi connectivity index (χ0v) is 21.3. The van der Waals surface area contributed by atoms with E-state index >= 15 is 0 Å². The topological polar surface area (TPSA) is 71.3 Å². The van der Waals surface area contributed by atoms with Gasteiger partial charge >= 0.3 is 0 Å². The van der Waals surface area contributed by atoms with E-state index in [1.54, 1.807) is 11.8 Å². The second-order valence-corrected chi connectivity index (χ2v) is 10.4.